The zero-order chi connectivity index (χ0) is 21.1. The van der Waals surface area contributed by atoms with Crippen molar-refractivity contribution >= 4 is 40.5 Å². The van der Waals surface area contributed by atoms with Crippen molar-refractivity contribution in [3.8, 4) is 10.6 Å². The predicted molar refractivity (Wildman–Crippen MR) is 103 cm³/mol. The van der Waals surface area contributed by atoms with Gasteiger partial charge in [0.15, 0.2) is 24.1 Å². The molecule has 150 valence electrons. The van der Waals surface area contributed by atoms with E-state index >= 15 is 0 Å². The first-order valence-electron chi connectivity index (χ1n) is 8.10. The number of carbonyl (C=O) groups excluding carboxylic acids is 2. The number of halogens is 4. The largest absolute Gasteiger partial charge is 0.451 e. The second kappa shape index (κ2) is 8.62. The summed E-state index contributed by atoms with van der Waals surface area (Å²) in [6, 6.07) is 8.40. The quantitative estimate of drug-likeness (QED) is 0.448. The van der Waals surface area contributed by atoms with Gasteiger partial charge in [0.05, 0.1) is 11.4 Å². The molecule has 29 heavy (non-hydrogen) atoms. The fraction of sp³-hybridized carbons (Fsp3) is 0.105. The lowest BCUT2D eigenvalue weighted by Gasteiger charge is -2.07. The number of hydrogen-bond donors (Lipinski definition) is 1. The Bertz CT molecular complexity index is 1090. The van der Waals surface area contributed by atoms with Gasteiger partial charge in [-0.15, -0.1) is 11.3 Å². The van der Waals surface area contributed by atoms with E-state index in [9.17, 15) is 22.8 Å². The first-order valence-corrected chi connectivity index (χ1v) is 9.29. The Morgan fingerprint density at radius 2 is 1.79 bits per heavy atom. The van der Waals surface area contributed by atoms with Gasteiger partial charge in [-0.05, 0) is 31.2 Å². The minimum Gasteiger partial charge on any atom is -0.451 e. The molecule has 3 aromatic rings. The average Bonchev–Trinajstić information content (AvgIpc) is 3.09. The topological polar surface area (TPSA) is 68.3 Å². The van der Waals surface area contributed by atoms with Crippen LogP contribution in [0.3, 0.4) is 0 Å². The van der Waals surface area contributed by atoms with Gasteiger partial charge in [-0.3, -0.25) is 4.79 Å². The van der Waals surface area contributed by atoms with Crippen LogP contribution in [0.4, 0.5) is 18.9 Å². The normalized spacial score (nSPS) is 10.7. The zero-order valence-corrected chi connectivity index (χ0v) is 16.3. The Morgan fingerprint density at radius 1 is 1.10 bits per heavy atom. The third-order valence-electron chi connectivity index (χ3n) is 3.72. The van der Waals surface area contributed by atoms with E-state index < -0.39 is 41.6 Å². The smallest absolute Gasteiger partial charge is 0.350 e. The molecule has 10 heteroatoms. The molecule has 0 radical (unpaired) electrons. The highest BCUT2D eigenvalue weighted by Gasteiger charge is 2.20. The molecular formula is C19H12ClF3N2O3S. The third-order valence-corrected chi connectivity index (χ3v) is 5.16. The number of nitrogens with one attached hydrogen (secondary N) is 1. The van der Waals surface area contributed by atoms with Crippen molar-refractivity contribution in [2.45, 2.75) is 6.92 Å². The second-order valence-electron chi connectivity index (χ2n) is 5.79. The summed E-state index contributed by atoms with van der Waals surface area (Å²) in [6.07, 6.45) is 0. The molecule has 0 aliphatic carbocycles. The second-order valence-corrected chi connectivity index (χ2v) is 7.22. The Morgan fingerprint density at radius 3 is 2.48 bits per heavy atom. The number of ether oxygens (including phenoxy) is 1. The predicted octanol–water partition coefficient (Wildman–Crippen LogP) is 4.98. The lowest BCUT2D eigenvalue weighted by molar-refractivity contribution is -0.119. The van der Waals surface area contributed by atoms with Crippen LogP contribution in [0.2, 0.25) is 5.02 Å². The minimum atomic E-state index is -1.71. The minimum absolute atomic E-state index is 0.196. The molecule has 3 rings (SSSR count). The van der Waals surface area contributed by atoms with E-state index in [1.54, 1.807) is 31.2 Å². The molecular weight excluding hydrogens is 429 g/mol. The number of nitrogens with zero attached hydrogens (tertiary/aromatic N) is 1. The molecule has 0 saturated heterocycles. The number of carbonyl (C=O) groups is 2. The Hall–Kier alpha value is -2.91. The van der Waals surface area contributed by atoms with Gasteiger partial charge in [0.25, 0.3) is 5.91 Å². The van der Waals surface area contributed by atoms with Crippen LogP contribution in [0, 0.1) is 24.4 Å². The molecule has 0 unspecified atom stereocenters. The van der Waals surface area contributed by atoms with Crippen molar-refractivity contribution in [2.75, 3.05) is 11.9 Å². The number of hydrogen-bond acceptors (Lipinski definition) is 5. The van der Waals surface area contributed by atoms with Gasteiger partial charge < -0.3 is 10.1 Å². The molecule has 0 atom stereocenters. The first-order chi connectivity index (χ1) is 13.8. The molecule has 0 fully saturated rings. The molecule has 1 aromatic heterocycles. The molecule has 0 bridgehead atoms. The van der Waals surface area contributed by atoms with E-state index in [-0.39, 0.29) is 4.88 Å². The van der Waals surface area contributed by atoms with Crippen LogP contribution in [-0.4, -0.2) is 23.5 Å². The third kappa shape index (κ3) is 4.75. The molecule has 0 aliphatic heterocycles. The maximum Gasteiger partial charge on any atom is 0.350 e. The number of aromatic nitrogens is 1. The maximum atomic E-state index is 13.6. The fourth-order valence-electron chi connectivity index (χ4n) is 2.31. The lowest BCUT2D eigenvalue weighted by Crippen LogP contribution is -2.21. The molecule has 1 heterocycles. The first kappa shape index (κ1) is 20.8. The van der Waals surface area contributed by atoms with Crippen molar-refractivity contribution in [1.82, 2.24) is 4.98 Å². The van der Waals surface area contributed by atoms with Crippen LogP contribution in [0.15, 0.2) is 36.4 Å². The van der Waals surface area contributed by atoms with E-state index in [2.05, 4.69) is 4.98 Å². The molecule has 5 nitrogen and oxygen atoms in total. The number of anilines is 1. The van der Waals surface area contributed by atoms with E-state index in [1.807, 2.05) is 5.32 Å². The zero-order valence-electron chi connectivity index (χ0n) is 14.8. The fourth-order valence-corrected chi connectivity index (χ4v) is 3.40. The monoisotopic (exact) mass is 440 g/mol. The number of esters is 1. The van der Waals surface area contributed by atoms with Crippen LogP contribution in [-0.2, 0) is 9.53 Å². The number of amides is 1. The summed E-state index contributed by atoms with van der Waals surface area (Å²) >= 11 is 6.93. The van der Waals surface area contributed by atoms with Gasteiger partial charge in [-0.25, -0.2) is 22.9 Å². The Kier molecular flexibility index (Phi) is 6.19. The molecule has 1 amide bonds. The maximum absolute atomic E-state index is 13.6. The summed E-state index contributed by atoms with van der Waals surface area (Å²) in [5, 5.41) is 3.14. The van der Waals surface area contributed by atoms with Crippen molar-refractivity contribution in [3.05, 3.63) is 69.4 Å². The van der Waals surface area contributed by atoms with E-state index in [0.717, 1.165) is 23.0 Å². The highest BCUT2D eigenvalue weighted by atomic mass is 35.5. The average molecular weight is 441 g/mol. The summed E-state index contributed by atoms with van der Waals surface area (Å²) in [5.74, 6) is -6.35. The highest BCUT2D eigenvalue weighted by Crippen LogP contribution is 2.29. The summed E-state index contributed by atoms with van der Waals surface area (Å²) in [4.78, 5) is 28.6. The van der Waals surface area contributed by atoms with E-state index in [0.29, 0.717) is 21.8 Å². The van der Waals surface area contributed by atoms with Gasteiger partial charge in [-0.2, -0.15) is 0 Å². The number of thiazole rings is 1. The van der Waals surface area contributed by atoms with Gasteiger partial charge in [0.2, 0.25) is 0 Å². The van der Waals surface area contributed by atoms with E-state index in [4.69, 9.17) is 16.3 Å². The SMILES string of the molecule is Cc1nc(-c2ccc(Cl)cc2)sc1C(=O)OCC(=O)Nc1ccc(F)c(F)c1F. The van der Waals surface area contributed by atoms with Gasteiger partial charge in [0, 0.05) is 10.6 Å². The van der Waals surface area contributed by atoms with Crippen LogP contribution >= 0.6 is 22.9 Å². The summed E-state index contributed by atoms with van der Waals surface area (Å²) in [5.41, 5.74) is 0.606. The van der Waals surface area contributed by atoms with Crippen LogP contribution in [0.5, 0.6) is 0 Å². The molecule has 1 N–H and O–H groups in total. The number of aryl methyl sites for hydroxylation is 1. The molecule has 0 aliphatic rings. The van der Waals surface area contributed by atoms with Crippen molar-refractivity contribution in [2.24, 2.45) is 0 Å². The van der Waals surface area contributed by atoms with Crippen molar-refractivity contribution in [3.63, 3.8) is 0 Å². The summed E-state index contributed by atoms with van der Waals surface area (Å²) < 4.78 is 44.6. The van der Waals surface area contributed by atoms with Crippen molar-refractivity contribution in [1.29, 1.82) is 0 Å². The number of rotatable bonds is 5. The van der Waals surface area contributed by atoms with E-state index in [1.165, 1.54) is 0 Å². The molecule has 0 spiro atoms. The van der Waals surface area contributed by atoms with Crippen molar-refractivity contribution < 1.29 is 27.5 Å². The molecule has 2 aromatic carbocycles. The van der Waals surface area contributed by atoms with Crippen LogP contribution in [0.1, 0.15) is 15.4 Å². The standard InChI is InChI=1S/C19H12ClF3N2O3S/c1-9-17(29-18(24-9)10-2-4-11(20)5-3-10)19(27)28-8-14(26)25-13-7-6-12(21)15(22)16(13)23/h2-7H,8H2,1H3,(H,25,26). The molecule has 0 saturated carbocycles. The van der Waals surface area contributed by atoms with Crippen LogP contribution < -0.4 is 5.32 Å². The van der Waals surface area contributed by atoms with Gasteiger partial charge in [-0.1, -0.05) is 23.7 Å². The van der Waals surface area contributed by atoms with Gasteiger partial charge >= 0.3 is 5.97 Å². The number of benzene rings is 2. The van der Waals surface area contributed by atoms with Crippen LogP contribution in [0.25, 0.3) is 10.6 Å². The highest BCUT2D eigenvalue weighted by molar-refractivity contribution is 7.17. The Labute approximate surface area is 172 Å². The summed E-state index contributed by atoms with van der Waals surface area (Å²) in [6.45, 7) is 0.869. The lowest BCUT2D eigenvalue weighted by atomic mass is 10.2. The summed E-state index contributed by atoms with van der Waals surface area (Å²) in [7, 11) is 0. The van der Waals surface area contributed by atoms with Gasteiger partial charge in [0.1, 0.15) is 9.88 Å². The Balaban J connectivity index is 1.64.